The average molecular weight is 576 g/mol. The number of allylic oxidation sites excluding steroid dienone is 2. The van der Waals surface area contributed by atoms with E-state index in [1.165, 1.54) is 12.8 Å². The lowest BCUT2D eigenvalue weighted by Crippen LogP contribution is -2.64. The molecule has 0 radical (unpaired) electrons. The molecule has 9 unspecified atom stereocenters. The number of nitriles is 1. The number of aromatic nitrogens is 1. The molecule has 1 aromatic rings. The Morgan fingerprint density at radius 3 is 2.43 bits per heavy atom. The van der Waals surface area contributed by atoms with E-state index in [1.807, 2.05) is 39.8 Å². The van der Waals surface area contributed by atoms with Crippen molar-refractivity contribution in [2.24, 2.45) is 57.2 Å². The Hall–Kier alpha value is -2.26. The molecule has 1 aromatic heterocycles. The van der Waals surface area contributed by atoms with Gasteiger partial charge in [0.2, 0.25) is 0 Å². The standard InChI is InChI=1S/C34H47N3O3.C2H6/c1-20-13-23(37-40-20)18-36-19-34-10-8-25-29(26(34)16-31(3,4)11-12-34)27(38)14-28-32(25,5)9-7-24-21(2)30(39)22(17-35)15-33(24,28)6;1-2/h13,15,21,24-26,28-29,36H,7-12,14,16,18-19H2,1-6H3;1-2H3. The molecule has 6 rings (SSSR count). The van der Waals surface area contributed by atoms with Crippen LogP contribution in [0.1, 0.15) is 111 Å². The largest absolute Gasteiger partial charge is 0.361 e. The van der Waals surface area contributed by atoms with E-state index in [0.29, 0.717) is 36.2 Å². The second kappa shape index (κ2) is 11.0. The molecule has 6 heteroatoms. The molecule has 0 aromatic carbocycles. The van der Waals surface area contributed by atoms with Crippen molar-refractivity contribution in [3.63, 3.8) is 0 Å². The van der Waals surface area contributed by atoms with Gasteiger partial charge in [0.15, 0.2) is 5.78 Å². The van der Waals surface area contributed by atoms with Crippen LogP contribution in [0.15, 0.2) is 22.2 Å². The molecule has 4 fully saturated rings. The fourth-order valence-electron chi connectivity index (χ4n) is 10.9. The number of ketones is 2. The van der Waals surface area contributed by atoms with Crippen molar-refractivity contribution in [3.8, 4) is 6.07 Å². The Bertz CT molecular complexity index is 1290. The van der Waals surface area contributed by atoms with Gasteiger partial charge in [-0.25, -0.2) is 0 Å². The third-order valence-corrected chi connectivity index (χ3v) is 13.0. The molecule has 9 atom stereocenters. The number of fused-ring (bicyclic) bond motifs is 7. The van der Waals surface area contributed by atoms with Gasteiger partial charge in [0, 0.05) is 37.4 Å². The molecule has 0 bridgehead atoms. The summed E-state index contributed by atoms with van der Waals surface area (Å²) in [6.45, 7) is 19.1. The summed E-state index contributed by atoms with van der Waals surface area (Å²) in [5.41, 5.74) is 1.38. The topological polar surface area (TPSA) is 96.0 Å². The zero-order valence-corrected chi connectivity index (χ0v) is 27.3. The van der Waals surface area contributed by atoms with Crippen molar-refractivity contribution in [1.29, 1.82) is 5.26 Å². The summed E-state index contributed by atoms with van der Waals surface area (Å²) in [6, 6.07) is 4.21. The first-order valence-electron chi connectivity index (χ1n) is 16.7. The van der Waals surface area contributed by atoms with Crippen LogP contribution in [0.4, 0.5) is 0 Å². The van der Waals surface area contributed by atoms with E-state index in [0.717, 1.165) is 50.1 Å². The minimum absolute atomic E-state index is 0.00578. The molecule has 5 aliphatic carbocycles. The number of Topliss-reactive ketones (excluding diaryl/α,β-unsaturated/α-hetero) is 2. The van der Waals surface area contributed by atoms with Gasteiger partial charge in [0.1, 0.15) is 17.6 Å². The number of carbonyl (C=O) groups is 2. The maximum absolute atomic E-state index is 14.5. The lowest BCUT2D eigenvalue weighted by Gasteiger charge is -2.67. The summed E-state index contributed by atoms with van der Waals surface area (Å²) in [7, 11) is 0. The smallest absolute Gasteiger partial charge is 0.176 e. The molecule has 5 aliphatic rings. The molecule has 0 spiro atoms. The van der Waals surface area contributed by atoms with Crippen LogP contribution in [0.25, 0.3) is 0 Å². The fourth-order valence-corrected chi connectivity index (χ4v) is 10.9. The molecule has 1 N–H and O–H groups in total. The second-order valence-electron chi connectivity index (χ2n) is 15.6. The van der Waals surface area contributed by atoms with Crippen LogP contribution >= 0.6 is 0 Å². The Labute approximate surface area is 253 Å². The summed E-state index contributed by atoms with van der Waals surface area (Å²) in [4.78, 5) is 27.4. The van der Waals surface area contributed by atoms with Crippen molar-refractivity contribution in [2.75, 3.05) is 6.54 Å². The van der Waals surface area contributed by atoms with Gasteiger partial charge in [0.05, 0.1) is 11.3 Å². The minimum Gasteiger partial charge on any atom is -0.361 e. The van der Waals surface area contributed by atoms with Gasteiger partial charge in [-0.1, -0.05) is 59.7 Å². The zero-order chi connectivity index (χ0) is 30.7. The van der Waals surface area contributed by atoms with E-state index in [9.17, 15) is 14.9 Å². The number of rotatable bonds is 4. The van der Waals surface area contributed by atoms with Gasteiger partial charge in [0.25, 0.3) is 0 Å². The molecule has 230 valence electrons. The van der Waals surface area contributed by atoms with Crippen LogP contribution in [-0.2, 0) is 16.1 Å². The van der Waals surface area contributed by atoms with Crippen LogP contribution in [0.2, 0.25) is 0 Å². The Balaban J connectivity index is 0.00000173. The molecule has 0 saturated heterocycles. The first kappa shape index (κ1) is 31.2. The Morgan fingerprint density at radius 1 is 1.05 bits per heavy atom. The molecule has 4 saturated carbocycles. The van der Waals surface area contributed by atoms with Gasteiger partial charge >= 0.3 is 0 Å². The van der Waals surface area contributed by atoms with E-state index in [2.05, 4.69) is 44.2 Å². The van der Waals surface area contributed by atoms with Gasteiger partial charge in [-0.2, -0.15) is 5.26 Å². The Morgan fingerprint density at radius 2 is 1.76 bits per heavy atom. The van der Waals surface area contributed by atoms with Gasteiger partial charge in [-0.15, -0.1) is 0 Å². The second-order valence-corrected chi connectivity index (χ2v) is 15.6. The van der Waals surface area contributed by atoms with Crippen molar-refractivity contribution >= 4 is 11.6 Å². The first-order valence-corrected chi connectivity index (χ1v) is 16.7. The molecule has 6 nitrogen and oxygen atoms in total. The van der Waals surface area contributed by atoms with Gasteiger partial charge in [-0.3, -0.25) is 9.59 Å². The molecule has 42 heavy (non-hydrogen) atoms. The van der Waals surface area contributed by atoms with Crippen LogP contribution in [0, 0.1) is 75.4 Å². The average Bonchev–Trinajstić information content (AvgIpc) is 3.37. The number of nitrogens with one attached hydrogen (secondary N) is 1. The van der Waals surface area contributed by atoms with E-state index in [4.69, 9.17) is 4.52 Å². The molecular weight excluding hydrogens is 522 g/mol. The van der Waals surface area contributed by atoms with Crippen molar-refractivity contribution in [2.45, 2.75) is 113 Å². The van der Waals surface area contributed by atoms with E-state index < -0.39 is 0 Å². The number of hydrogen-bond acceptors (Lipinski definition) is 6. The van der Waals surface area contributed by atoms with Crippen LogP contribution < -0.4 is 5.32 Å². The SMILES string of the molecule is CC.Cc1cc(CNCC23CCC4C(C(=O)CC5C6(C)C=C(C#N)C(=O)C(C)C6CCC45C)C2CC(C)(C)CC3)no1. The maximum Gasteiger partial charge on any atom is 0.176 e. The van der Waals surface area contributed by atoms with Crippen LogP contribution in [-0.4, -0.2) is 23.3 Å². The molecule has 0 aliphatic heterocycles. The summed E-state index contributed by atoms with van der Waals surface area (Å²) in [5.74, 6) is 2.37. The highest BCUT2D eigenvalue weighted by Crippen LogP contribution is 2.70. The number of hydrogen-bond donors (Lipinski definition) is 1. The highest BCUT2D eigenvalue weighted by molar-refractivity contribution is 6.01. The summed E-state index contributed by atoms with van der Waals surface area (Å²) in [6.07, 6.45) is 10.4. The molecular formula is C36H53N3O3. The van der Waals surface area contributed by atoms with Crippen molar-refractivity contribution < 1.29 is 14.1 Å². The van der Waals surface area contributed by atoms with Gasteiger partial charge in [-0.05, 0) is 97.2 Å². The third kappa shape index (κ3) is 4.83. The monoisotopic (exact) mass is 575 g/mol. The fraction of sp³-hybridized carbons (Fsp3) is 0.778. The lowest BCUT2D eigenvalue weighted by atomic mass is 9.36. The predicted octanol–water partition coefficient (Wildman–Crippen LogP) is 7.62. The number of nitrogens with zero attached hydrogens (tertiary/aromatic N) is 2. The molecule has 1 heterocycles. The normalized spacial score (nSPS) is 42.0. The minimum atomic E-state index is -0.288. The lowest BCUT2D eigenvalue weighted by molar-refractivity contribution is -0.185. The molecule has 0 amide bonds. The predicted molar refractivity (Wildman–Crippen MR) is 164 cm³/mol. The van der Waals surface area contributed by atoms with Crippen molar-refractivity contribution in [3.05, 3.63) is 29.2 Å². The van der Waals surface area contributed by atoms with Gasteiger partial charge < -0.3 is 9.84 Å². The summed E-state index contributed by atoms with van der Waals surface area (Å²) < 4.78 is 5.28. The van der Waals surface area contributed by atoms with E-state index in [-0.39, 0.29) is 51.1 Å². The highest BCUT2D eigenvalue weighted by Gasteiger charge is 2.66. The van der Waals surface area contributed by atoms with Crippen LogP contribution in [0.5, 0.6) is 0 Å². The summed E-state index contributed by atoms with van der Waals surface area (Å²) in [5, 5.41) is 17.7. The number of aryl methyl sites for hydroxylation is 1. The third-order valence-electron chi connectivity index (χ3n) is 13.0. The maximum atomic E-state index is 14.5. The quantitative estimate of drug-likeness (QED) is 0.397. The summed E-state index contributed by atoms with van der Waals surface area (Å²) >= 11 is 0. The van der Waals surface area contributed by atoms with E-state index >= 15 is 0 Å². The first-order chi connectivity index (χ1) is 19.8. The zero-order valence-electron chi connectivity index (χ0n) is 27.3. The van der Waals surface area contributed by atoms with E-state index in [1.54, 1.807) is 0 Å². The van der Waals surface area contributed by atoms with Crippen molar-refractivity contribution in [1.82, 2.24) is 10.5 Å². The highest BCUT2D eigenvalue weighted by atomic mass is 16.5. The number of carbonyl (C=O) groups excluding carboxylic acids is 2. The van der Waals surface area contributed by atoms with Crippen LogP contribution in [0.3, 0.4) is 0 Å². The Kier molecular flexibility index (Phi) is 8.18.